The van der Waals surface area contributed by atoms with Crippen molar-refractivity contribution in [2.75, 3.05) is 13.7 Å². The first-order valence-electron chi connectivity index (χ1n) is 5.58. The Morgan fingerprint density at radius 2 is 2.35 bits per heavy atom. The second-order valence-electron chi connectivity index (χ2n) is 4.22. The molecule has 0 saturated carbocycles. The number of hydrogen-bond acceptors (Lipinski definition) is 5. The highest BCUT2D eigenvalue weighted by Crippen LogP contribution is 2.12. The number of carbonyl (C=O) groups excluding carboxylic acids is 1. The molecule has 0 aliphatic carbocycles. The Balaban J connectivity index is 2.53. The van der Waals surface area contributed by atoms with E-state index >= 15 is 0 Å². The number of ether oxygens (including phenoxy) is 1. The molecule has 0 amide bonds. The Morgan fingerprint density at radius 1 is 1.65 bits per heavy atom. The molecule has 0 radical (unpaired) electrons. The second kappa shape index (κ2) is 5.84. The van der Waals surface area contributed by atoms with Gasteiger partial charge in [-0.3, -0.25) is 0 Å². The number of methoxy groups -OCH3 is 1. The minimum Gasteiger partial charge on any atom is -0.463 e. The first kappa shape index (κ1) is 13.7. The van der Waals surface area contributed by atoms with Gasteiger partial charge in [0.05, 0.1) is 19.0 Å². The maximum absolute atomic E-state index is 11.3. The summed E-state index contributed by atoms with van der Waals surface area (Å²) in [5.41, 5.74) is -0.0152. The molecule has 0 aliphatic rings. The number of esters is 1. The van der Waals surface area contributed by atoms with Crippen LogP contribution in [0.2, 0.25) is 0 Å². The third-order valence-corrected chi connectivity index (χ3v) is 2.70. The van der Waals surface area contributed by atoms with E-state index in [2.05, 4.69) is 10.1 Å². The van der Waals surface area contributed by atoms with Crippen molar-refractivity contribution in [2.24, 2.45) is 0 Å². The van der Waals surface area contributed by atoms with Crippen LogP contribution < -0.4 is 5.32 Å². The number of hydrogen-bond donors (Lipinski definition) is 2. The molecule has 5 heteroatoms. The molecule has 0 aromatic carbocycles. The molecule has 96 valence electrons. The monoisotopic (exact) mass is 241 g/mol. The first-order valence-corrected chi connectivity index (χ1v) is 5.58. The zero-order chi connectivity index (χ0) is 12.9. The van der Waals surface area contributed by atoms with Crippen LogP contribution in [0.25, 0.3) is 0 Å². The third kappa shape index (κ3) is 3.87. The highest BCUT2D eigenvalue weighted by atomic mass is 16.5. The topological polar surface area (TPSA) is 71.7 Å². The molecule has 1 atom stereocenters. The fraction of sp³-hybridized carbons (Fsp3) is 0.583. The van der Waals surface area contributed by atoms with E-state index < -0.39 is 11.6 Å². The van der Waals surface area contributed by atoms with Crippen molar-refractivity contribution in [3.63, 3.8) is 0 Å². The molecule has 1 unspecified atom stereocenters. The Morgan fingerprint density at radius 3 is 2.94 bits per heavy atom. The Labute approximate surface area is 101 Å². The van der Waals surface area contributed by atoms with E-state index in [0.717, 1.165) is 5.56 Å². The van der Waals surface area contributed by atoms with Crippen LogP contribution in [0.5, 0.6) is 0 Å². The lowest BCUT2D eigenvalue weighted by molar-refractivity contribution is 0.0549. The standard InChI is InChI=1S/C12H19NO4/c1-4-12(2,15)8-13-7-9-5-6-17-10(9)11(14)16-3/h5-6,13,15H,4,7-8H2,1-3H3. The van der Waals surface area contributed by atoms with Gasteiger partial charge in [0.1, 0.15) is 0 Å². The van der Waals surface area contributed by atoms with Crippen LogP contribution in [-0.2, 0) is 11.3 Å². The minimum atomic E-state index is -0.741. The normalized spacial score (nSPS) is 14.4. The fourth-order valence-electron chi connectivity index (χ4n) is 1.34. The largest absolute Gasteiger partial charge is 0.463 e. The average Bonchev–Trinajstić information content (AvgIpc) is 2.76. The summed E-state index contributed by atoms with van der Waals surface area (Å²) in [6, 6.07) is 1.71. The lowest BCUT2D eigenvalue weighted by Crippen LogP contribution is -2.36. The quantitative estimate of drug-likeness (QED) is 0.735. The smallest absolute Gasteiger partial charge is 0.374 e. The first-order chi connectivity index (χ1) is 8.00. The van der Waals surface area contributed by atoms with Crippen LogP contribution in [0.15, 0.2) is 16.7 Å². The summed E-state index contributed by atoms with van der Waals surface area (Å²) in [6.45, 7) is 4.59. The van der Waals surface area contributed by atoms with Crippen molar-refractivity contribution in [1.29, 1.82) is 0 Å². The molecule has 0 fully saturated rings. The highest BCUT2D eigenvalue weighted by molar-refractivity contribution is 5.87. The lowest BCUT2D eigenvalue weighted by atomic mass is 10.0. The number of nitrogens with one attached hydrogen (secondary N) is 1. The number of furan rings is 1. The van der Waals surface area contributed by atoms with Gasteiger partial charge in [-0.15, -0.1) is 0 Å². The van der Waals surface area contributed by atoms with Crippen molar-refractivity contribution in [2.45, 2.75) is 32.4 Å². The molecule has 0 aliphatic heterocycles. The number of rotatable bonds is 6. The van der Waals surface area contributed by atoms with E-state index in [4.69, 9.17) is 4.42 Å². The highest BCUT2D eigenvalue weighted by Gasteiger charge is 2.19. The van der Waals surface area contributed by atoms with Gasteiger partial charge < -0.3 is 19.6 Å². The summed E-state index contributed by atoms with van der Waals surface area (Å²) in [7, 11) is 1.31. The van der Waals surface area contributed by atoms with E-state index in [-0.39, 0.29) is 5.76 Å². The molecule has 0 spiro atoms. The Kier molecular flexibility index (Phi) is 4.72. The predicted molar refractivity (Wildman–Crippen MR) is 62.7 cm³/mol. The van der Waals surface area contributed by atoms with Gasteiger partial charge in [-0.1, -0.05) is 6.92 Å². The maximum atomic E-state index is 11.3. The van der Waals surface area contributed by atoms with E-state index in [1.807, 2.05) is 6.92 Å². The molecule has 1 rings (SSSR count). The molecular weight excluding hydrogens is 222 g/mol. The van der Waals surface area contributed by atoms with Crippen LogP contribution >= 0.6 is 0 Å². The zero-order valence-electron chi connectivity index (χ0n) is 10.4. The van der Waals surface area contributed by atoms with Crippen molar-refractivity contribution < 1.29 is 19.1 Å². The Hall–Kier alpha value is -1.33. The molecule has 1 heterocycles. The molecule has 1 aromatic rings. The van der Waals surface area contributed by atoms with E-state index in [9.17, 15) is 9.90 Å². The predicted octanol–water partition coefficient (Wildman–Crippen LogP) is 1.32. The van der Waals surface area contributed by atoms with E-state index in [1.54, 1.807) is 13.0 Å². The van der Waals surface area contributed by atoms with Gasteiger partial charge in [0.25, 0.3) is 0 Å². The SMILES string of the molecule is CCC(C)(O)CNCc1ccoc1C(=O)OC. The third-order valence-electron chi connectivity index (χ3n) is 2.70. The summed E-state index contributed by atoms with van der Waals surface area (Å²) >= 11 is 0. The molecule has 17 heavy (non-hydrogen) atoms. The van der Waals surface area contributed by atoms with Crippen LogP contribution in [0.3, 0.4) is 0 Å². The van der Waals surface area contributed by atoms with Gasteiger partial charge in [-0.25, -0.2) is 4.79 Å². The minimum absolute atomic E-state index is 0.205. The van der Waals surface area contributed by atoms with Crippen molar-refractivity contribution >= 4 is 5.97 Å². The maximum Gasteiger partial charge on any atom is 0.374 e. The number of aliphatic hydroxyl groups is 1. The molecule has 5 nitrogen and oxygen atoms in total. The van der Waals surface area contributed by atoms with Crippen molar-refractivity contribution in [3.05, 3.63) is 23.7 Å². The van der Waals surface area contributed by atoms with Crippen LogP contribution in [0, 0.1) is 0 Å². The lowest BCUT2D eigenvalue weighted by Gasteiger charge is -2.21. The number of carbonyl (C=O) groups is 1. The van der Waals surface area contributed by atoms with Gasteiger partial charge in [0, 0.05) is 18.7 Å². The van der Waals surface area contributed by atoms with Crippen molar-refractivity contribution in [1.82, 2.24) is 5.32 Å². The van der Waals surface area contributed by atoms with Crippen LogP contribution in [0.4, 0.5) is 0 Å². The Bertz CT molecular complexity index is 370. The fourth-order valence-corrected chi connectivity index (χ4v) is 1.34. The van der Waals surface area contributed by atoms with Gasteiger partial charge >= 0.3 is 5.97 Å². The summed E-state index contributed by atoms with van der Waals surface area (Å²) in [5, 5.41) is 12.9. The van der Waals surface area contributed by atoms with Gasteiger partial charge in [-0.2, -0.15) is 0 Å². The molecular formula is C12H19NO4. The van der Waals surface area contributed by atoms with Crippen molar-refractivity contribution in [3.8, 4) is 0 Å². The molecule has 0 bridgehead atoms. The summed E-state index contributed by atoms with van der Waals surface area (Å²) in [5.74, 6) is -0.287. The summed E-state index contributed by atoms with van der Waals surface area (Å²) in [4.78, 5) is 11.3. The summed E-state index contributed by atoms with van der Waals surface area (Å²) < 4.78 is 9.64. The van der Waals surface area contributed by atoms with E-state index in [1.165, 1.54) is 13.4 Å². The molecule has 0 saturated heterocycles. The van der Waals surface area contributed by atoms with Gasteiger partial charge in [0.15, 0.2) is 0 Å². The van der Waals surface area contributed by atoms with Crippen LogP contribution in [-0.4, -0.2) is 30.3 Å². The van der Waals surface area contributed by atoms with E-state index in [0.29, 0.717) is 19.5 Å². The second-order valence-corrected chi connectivity index (χ2v) is 4.22. The summed E-state index contributed by atoms with van der Waals surface area (Å²) in [6.07, 6.45) is 2.11. The average molecular weight is 241 g/mol. The van der Waals surface area contributed by atoms with Crippen LogP contribution in [0.1, 0.15) is 36.4 Å². The molecule has 2 N–H and O–H groups in total. The zero-order valence-corrected chi connectivity index (χ0v) is 10.4. The van der Waals surface area contributed by atoms with Gasteiger partial charge in [0.2, 0.25) is 5.76 Å². The van der Waals surface area contributed by atoms with Gasteiger partial charge in [-0.05, 0) is 19.4 Å². The molecule has 1 aromatic heterocycles.